The first kappa shape index (κ1) is 33.5. The minimum atomic E-state index is -0.567. The number of anilines is 2. The molecule has 46 heavy (non-hydrogen) atoms. The monoisotopic (exact) mass is 641 g/mol. The van der Waals surface area contributed by atoms with Gasteiger partial charge in [0.2, 0.25) is 11.7 Å². The Balaban J connectivity index is 1.56. The fourth-order valence-electron chi connectivity index (χ4n) is 4.38. The van der Waals surface area contributed by atoms with Crippen molar-refractivity contribution < 1.29 is 33.3 Å². The molecule has 0 aliphatic rings. The highest BCUT2D eigenvalue weighted by molar-refractivity contribution is 8.00. The summed E-state index contributed by atoms with van der Waals surface area (Å²) in [5.74, 6) is 0.486. The second-order valence-corrected chi connectivity index (χ2v) is 11.2. The predicted molar refractivity (Wildman–Crippen MR) is 180 cm³/mol. The Morgan fingerprint density at radius 1 is 0.717 bits per heavy atom. The summed E-state index contributed by atoms with van der Waals surface area (Å²) >= 11 is 1.33. The summed E-state index contributed by atoms with van der Waals surface area (Å²) in [5.41, 5.74) is 1.92. The van der Waals surface area contributed by atoms with E-state index in [-0.39, 0.29) is 11.6 Å². The fraction of sp³-hybridized carbons (Fsp3) is 0.171. The lowest BCUT2D eigenvalue weighted by Gasteiger charge is -2.16. The van der Waals surface area contributed by atoms with Gasteiger partial charge in [0, 0.05) is 16.1 Å². The molecule has 0 bridgehead atoms. The number of thioether (sulfide) groups is 1. The molecule has 4 aromatic rings. The molecule has 0 saturated heterocycles. The van der Waals surface area contributed by atoms with Crippen LogP contribution >= 0.6 is 11.8 Å². The molecule has 0 aliphatic carbocycles. The van der Waals surface area contributed by atoms with Crippen molar-refractivity contribution in [3.8, 4) is 23.0 Å². The molecule has 0 radical (unpaired) electrons. The Labute approximate surface area is 272 Å². The number of methoxy groups -OCH3 is 4. The van der Waals surface area contributed by atoms with E-state index in [9.17, 15) is 14.4 Å². The highest BCUT2D eigenvalue weighted by Gasteiger charge is 2.19. The van der Waals surface area contributed by atoms with Gasteiger partial charge < -0.3 is 34.9 Å². The van der Waals surface area contributed by atoms with Gasteiger partial charge in [-0.2, -0.15) is 0 Å². The predicted octanol–water partition coefficient (Wildman–Crippen LogP) is 6.25. The number of amides is 3. The molecular formula is C35H35N3O7S. The van der Waals surface area contributed by atoms with Gasteiger partial charge in [-0.1, -0.05) is 36.4 Å². The highest BCUT2D eigenvalue weighted by atomic mass is 32.2. The molecule has 1 atom stereocenters. The zero-order valence-corrected chi connectivity index (χ0v) is 26.9. The molecule has 3 amide bonds. The van der Waals surface area contributed by atoms with Crippen LogP contribution in [0.5, 0.6) is 23.0 Å². The number of para-hydroxylation sites is 2. The van der Waals surface area contributed by atoms with E-state index in [0.717, 1.165) is 4.90 Å². The van der Waals surface area contributed by atoms with E-state index in [4.69, 9.17) is 18.9 Å². The van der Waals surface area contributed by atoms with Crippen LogP contribution < -0.4 is 34.9 Å². The summed E-state index contributed by atoms with van der Waals surface area (Å²) < 4.78 is 21.6. The minimum absolute atomic E-state index is 0.0225. The normalized spacial score (nSPS) is 11.5. The summed E-state index contributed by atoms with van der Waals surface area (Å²) in [6.45, 7) is 1.79. The van der Waals surface area contributed by atoms with Gasteiger partial charge in [0.1, 0.15) is 11.4 Å². The van der Waals surface area contributed by atoms with Gasteiger partial charge in [0.25, 0.3) is 11.8 Å². The largest absolute Gasteiger partial charge is 0.495 e. The maximum absolute atomic E-state index is 13.7. The van der Waals surface area contributed by atoms with Gasteiger partial charge in [0.05, 0.1) is 39.4 Å². The van der Waals surface area contributed by atoms with Gasteiger partial charge in [-0.3, -0.25) is 14.4 Å². The first-order valence-electron chi connectivity index (χ1n) is 14.2. The molecule has 4 aromatic carbocycles. The second-order valence-electron chi connectivity index (χ2n) is 9.77. The Morgan fingerprint density at radius 3 is 2.02 bits per heavy atom. The SMILES string of the molecule is COc1ccccc1NC(=O)C(C)Sc1cccc(NC(=O)/C(=C\c2cc(OC)c(OC)c(OC)c2)NC(=O)c2ccccc2)c1. The highest BCUT2D eigenvalue weighted by Crippen LogP contribution is 2.38. The van der Waals surface area contributed by atoms with E-state index in [1.807, 2.05) is 18.2 Å². The summed E-state index contributed by atoms with van der Waals surface area (Å²) in [7, 11) is 6.02. The van der Waals surface area contributed by atoms with E-state index in [0.29, 0.717) is 45.5 Å². The molecule has 0 aromatic heterocycles. The fourth-order valence-corrected chi connectivity index (χ4v) is 5.31. The average Bonchev–Trinajstić information content (AvgIpc) is 3.08. The van der Waals surface area contributed by atoms with Crippen LogP contribution in [0.1, 0.15) is 22.8 Å². The molecule has 0 spiro atoms. The minimum Gasteiger partial charge on any atom is -0.495 e. The zero-order valence-electron chi connectivity index (χ0n) is 26.1. The van der Waals surface area contributed by atoms with E-state index in [1.165, 1.54) is 39.2 Å². The molecule has 0 fully saturated rings. The summed E-state index contributed by atoms with van der Waals surface area (Å²) in [5, 5.41) is 8.02. The Morgan fingerprint density at radius 2 is 1.37 bits per heavy atom. The number of benzene rings is 4. The summed E-state index contributed by atoms with van der Waals surface area (Å²) in [4.78, 5) is 40.5. The lowest BCUT2D eigenvalue weighted by Crippen LogP contribution is -2.30. The van der Waals surface area contributed by atoms with Crippen molar-refractivity contribution in [3.05, 3.63) is 108 Å². The molecule has 10 nitrogen and oxygen atoms in total. The van der Waals surface area contributed by atoms with E-state index in [1.54, 1.807) is 86.8 Å². The Kier molecular flexibility index (Phi) is 11.7. The number of hydrogen-bond acceptors (Lipinski definition) is 8. The van der Waals surface area contributed by atoms with Crippen molar-refractivity contribution >= 4 is 46.9 Å². The first-order chi connectivity index (χ1) is 22.3. The number of carbonyl (C=O) groups excluding carboxylic acids is 3. The zero-order chi connectivity index (χ0) is 33.1. The van der Waals surface area contributed by atoms with Crippen molar-refractivity contribution in [3.63, 3.8) is 0 Å². The number of rotatable bonds is 13. The molecule has 0 aliphatic heterocycles. The van der Waals surface area contributed by atoms with Crippen LogP contribution in [0.15, 0.2) is 102 Å². The molecular weight excluding hydrogens is 606 g/mol. The van der Waals surface area contributed by atoms with Crippen molar-refractivity contribution in [2.24, 2.45) is 0 Å². The van der Waals surface area contributed by atoms with Gasteiger partial charge in [0.15, 0.2) is 11.5 Å². The third kappa shape index (κ3) is 8.60. The molecule has 0 saturated carbocycles. The van der Waals surface area contributed by atoms with Gasteiger partial charge in [-0.15, -0.1) is 11.8 Å². The number of carbonyl (C=O) groups is 3. The van der Waals surface area contributed by atoms with E-state index in [2.05, 4.69) is 16.0 Å². The standard InChI is InChI=1S/C35H35N3O7S/c1-22(33(39)37-27-16-9-10-17-29(27)42-2)46-26-15-11-14-25(21-26)36-35(41)28(38-34(40)24-12-7-6-8-13-24)18-23-19-30(43-3)32(45-5)31(20-23)44-4/h6-22H,1-5H3,(H,36,41)(H,37,39)(H,38,40)/b28-18+. The number of nitrogens with one attached hydrogen (secondary N) is 3. The molecule has 4 rings (SSSR count). The van der Waals surface area contributed by atoms with Crippen molar-refractivity contribution in [2.75, 3.05) is 39.1 Å². The van der Waals surface area contributed by atoms with E-state index >= 15 is 0 Å². The van der Waals surface area contributed by atoms with Crippen molar-refractivity contribution in [1.29, 1.82) is 0 Å². The lowest BCUT2D eigenvalue weighted by atomic mass is 10.1. The quantitative estimate of drug-likeness (QED) is 0.116. The smallest absolute Gasteiger partial charge is 0.272 e. The third-order valence-electron chi connectivity index (χ3n) is 6.67. The van der Waals surface area contributed by atoms with Crippen LogP contribution in [0.3, 0.4) is 0 Å². The number of hydrogen-bond donors (Lipinski definition) is 3. The number of ether oxygens (including phenoxy) is 4. The maximum Gasteiger partial charge on any atom is 0.272 e. The van der Waals surface area contributed by atoms with Crippen LogP contribution in [-0.2, 0) is 9.59 Å². The van der Waals surface area contributed by atoms with Crippen LogP contribution in [-0.4, -0.2) is 51.4 Å². The molecule has 0 heterocycles. The summed E-state index contributed by atoms with van der Waals surface area (Å²) in [6, 6.07) is 26.2. The van der Waals surface area contributed by atoms with Gasteiger partial charge in [-0.05, 0) is 73.2 Å². The van der Waals surface area contributed by atoms with Crippen LogP contribution in [0.25, 0.3) is 6.08 Å². The van der Waals surface area contributed by atoms with Crippen LogP contribution in [0, 0.1) is 0 Å². The van der Waals surface area contributed by atoms with Gasteiger partial charge >= 0.3 is 0 Å². The van der Waals surface area contributed by atoms with Crippen LogP contribution in [0.2, 0.25) is 0 Å². The summed E-state index contributed by atoms with van der Waals surface area (Å²) in [6.07, 6.45) is 1.52. The average molecular weight is 642 g/mol. The molecule has 11 heteroatoms. The third-order valence-corrected chi connectivity index (χ3v) is 7.76. The Bertz CT molecular complexity index is 1700. The Hall–Kier alpha value is -5.42. The topological polar surface area (TPSA) is 124 Å². The molecule has 238 valence electrons. The molecule has 1 unspecified atom stereocenters. The molecule has 3 N–H and O–H groups in total. The lowest BCUT2D eigenvalue weighted by molar-refractivity contribution is -0.115. The first-order valence-corrected chi connectivity index (χ1v) is 15.0. The van der Waals surface area contributed by atoms with Crippen molar-refractivity contribution in [1.82, 2.24) is 5.32 Å². The van der Waals surface area contributed by atoms with E-state index < -0.39 is 17.1 Å². The second kappa shape index (κ2) is 16.1. The van der Waals surface area contributed by atoms with Crippen LogP contribution in [0.4, 0.5) is 11.4 Å². The maximum atomic E-state index is 13.7. The van der Waals surface area contributed by atoms with Crippen molar-refractivity contribution in [2.45, 2.75) is 17.1 Å². The van der Waals surface area contributed by atoms with Gasteiger partial charge in [-0.25, -0.2) is 0 Å².